The van der Waals surface area contributed by atoms with Crippen molar-refractivity contribution in [3.63, 3.8) is 0 Å². The maximum Gasteiger partial charge on any atom is 1.00 e. The molecule has 0 aliphatic heterocycles. The van der Waals surface area contributed by atoms with Gasteiger partial charge in [-0.3, -0.25) is 0 Å². The van der Waals surface area contributed by atoms with Gasteiger partial charge in [-0.25, -0.2) is 0 Å². The fourth-order valence-electron chi connectivity index (χ4n) is 0.175. The molecule has 0 heterocycles. The zero-order valence-electron chi connectivity index (χ0n) is 5.66. The first-order valence-electron chi connectivity index (χ1n) is 1.96. The van der Waals surface area contributed by atoms with Crippen molar-refractivity contribution < 1.29 is 49.7 Å². The summed E-state index contributed by atoms with van der Waals surface area (Å²) >= 11 is 0. The van der Waals surface area contributed by atoms with Crippen molar-refractivity contribution in [2.24, 2.45) is 0 Å². The molecular weight excluding hydrogens is 147 g/mol. The van der Waals surface area contributed by atoms with E-state index in [9.17, 15) is 14.7 Å². The molecule has 0 aliphatic carbocycles. The Labute approximate surface area is 80.5 Å². The quantitative estimate of drug-likeness (QED) is 0.176. The van der Waals surface area contributed by atoms with Gasteiger partial charge in [0.25, 0.3) is 0 Å². The van der Waals surface area contributed by atoms with Crippen LogP contribution in [0.2, 0.25) is 0 Å². The summed E-state index contributed by atoms with van der Waals surface area (Å²) in [6.45, 7) is -0.807. The third-order valence-electron chi connectivity index (χ3n) is 0.480. The SMILES string of the molecule is O=[C-]/C=C/C(=O)C[O-].[Na+].[OH3+]. The summed E-state index contributed by atoms with van der Waals surface area (Å²) in [5.74, 6) is -0.603. The van der Waals surface area contributed by atoms with Gasteiger partial charge in [-0.2, -0.15) is 12.2 Å². The molecule has 0 saturated carbocycles. The molecule has 5 heteroatoms. The molecule has 0 radical (unpaired) electrons. The minimum absolute atomic E-state index is 0. The van der Waals surface area contributed by atoms with Gasteiger partial charge < -0.3 is 20.2 Å². The van der Waals surface area contributed by atoms with Crippen LogP contribution in [0.15, 0.2) is 12.2 Å². The van der Waals surface area contributed by atoms with Crippen LogP contribution in [0.5, 0.6) is 0 Å². The molecule has 0 aliphatic rings. The standard InChI is InChI=1S/C5H4O3.Na.H2O/c6-3-1-2-5(8)4-7;;/h1-2H,4H2;;1H2/q-2;+1;/p+1/b2-1+;;. The Hall–Kier alpha value is -0.000000000000000187. The average Bonchev–Trinajstić information content (AvgIpc) is 1.83. The van der Waals surface area contributed by atoms with E-state index in [2.05, 4.69) is 0 Å². The van der Waals surface area contributed by atoms with Crippen LogP contribution in [0, 0.1) is 0 Å². The number of ketones is 1. The molecule has 0 atom stereocenters. The van der Waals surface area contributed by atoms with Crippen molar-refractivity contribution >= 4 is 12.1 Å². The van der Waals surface area contributed by atoms with E-state index in [0.717, 1.165) is 12.2 Å². The Morgan fingerprint density at radius 3 is 2.40 bits per heavy atom. The van der Waals surface area contributed by atoms with Crippen LogP contribution in [0.4, 0.5) is 0 Å². The average molecular weight is 154 g/mol. The number of hydrogen-bond donors (Lipinski definition) is 0. The van der Waals surface area contributed by atoms with Gasteiger partial charge >= 0.3 is 29.6 Å². The summed E-state index contributed by atoms with van der Waals surface area (Å²) in [6.07, 6.45) is 3.12. The Morgan fingerprint density at radius 2 is 2.10 bits per heavy atom. The molecule has 3 N–H and O–H groups in total. The normalized spacial score (nSPS) is 7.70. The molecule has 0 aromatic heterocycles. The van der Waals surface area contributed by atoms with Crippen LogP contribution >= 0.6 is 0 Å². The van der Waals surface area contributed by atoms with Gasteiger partial charge in [-0.15, -0.1) is 0 Å². The second-order valence-electron chi connectivity index (χ2n) is 1.06. The van der Waals surface area contributed by atoms with Gasteiger partial charge in [0.05, 0.1) is 5.78 Å². The van der Waals surface area contributed by atoms with E-state index in [0.29, 0.717) is 0 Å². The first kappa shape index (κ1) is 16.5. The van der Waals surface area contributed by atoms with Gasteiger partial charge in [0.1, 0.15) is 0 Å². The molecule has 0 amide bonds. The van der Waals surface area contributed by atoms with E-state index in [-0.39, 0.29) is 35.0 Å². The van der Waals surface area contributed by atoms with Gasteiger partial charge in [-0.05, 0) is 6.29 Å². The molecule has 4 nitrogen and oxygen atoms in total. The number of rotatable bonds is 3. The summed E-state index contributed by atoms with van der Waals surface area (Å²) in [4.78, 5) is 19.4. The molecule has 0 aromatic carbocycles. The molecule has 0 fully saturated rings. The third-order valence-corrected chi connectivity index (χ3v) is 0.480. The predicted octanol–water partition coefficient (Wildman–Crippen LogP) is -5.34. The summed E-state index contributed by atoms with van der Waals surface area (Å²) in [5.41, 5.74) is 0. The van der Waals surface area contributed by atoms with E-state index in [1.165, 1.54) is 6.29 Å². The van der Waals surface area contributed by atoms with E-state index in [4.69, 9.17) is 0 Å². The maximum atomic E-state index is 9.99. The van der Waals surface area contributed by atoms with E-state index >= 15 is 0 Å². The third kappa shape index (κ3) is 10.9. The van der Waals surface area contributed by atoms with Crippen LogP contribution < -0.4 is 34.7 Å². The Morgan fingerprint density at radius 1 is 1.60 bits per heavy atom. The van der Waals surface area contributed by atoms with Gasteiger partial charge in [0, 0.05) is 0 Å². The van der Waals surface area contributed by atoms with Crippen LogP contribution in [0.25, 0.3) is 0 Å². The van der Waals surface area contributed by atoms with Crippen molar-refractivity contribution in [3.05, 3.63) is 12.2 Å². The van der Waals surface area contributed by atoms with Crippen molar-refractivity contribution in [2.75, 3.05) is 6.61 Å². The molecule has 10 heavy (non-hydrogen) atoms. The minimum Gasteiger partial charge on any atom is -0.850 e. The summed E-state index contributed by atoms with van der Waals surface area (Å²) in [6, 6.07) is 0. The zero-order chi connectivity index (χ0) is 6.41. The van der Waals surface area contributed by atoms with Crippen molar-refractivity contribution in [3.8, 4) is 0 Å². The first-order chi connectivity index (χ1) is 3.81. The van der Waals surface area contributed by atoms with Crippen LogP contribution in [0.1, 0.15) is 0 Å². The number of carbonyl (C=O) groups is 1. The van der Waals surface area contributed by atoms with E-state index in [1.54, 1.807) is 0 Å². The number of allylic oxidation sites excluding steroid dienone is 1. The van der Waals surface area contributed by atoms with Gasteiger partial charge in [0.15, 0.2) is 0 Å². The Bertz CT molecular complexity index is 121. The monoisotopic (exact) mass is 154 g/mol. The fourth-order valence-corrected chi connectivity index (χ4v) is 0.175. The zero-order valence-corrected chi connectivity index (χ0v) is 7.66. The molecule has 0 bridgehead atoms. The van der Waals surface area contributed by atoms with Crippen molar-refractivity contribution in [2.45, 2.75) is 0 Å². The van der Waals surface area contributed by atoms with Crippen LogP contribution in [-0.4, -0.2) is 18.7 Å². The molecular formula is C5H7NaO4. The van der Waals surface area contributed by atoms with E-state index < -0.39 is 12.4 Å². The van der Waals surface area contributed by atoms with Gasteiger partial charge in [-0.1, -0.05) is 6.61 Å². The second kappa shape index (κ2) is 11.8. The smallest absolute Gasteiger partial charge is 0.850 e. The molecule has 0 aromatic rings. The van der Waals surface area contributed by atoms with Gasteiger partial charge in [0.2, 0.25) is 0 Å². The minimum atomic E-state index is -0.807. The molecule has 0 rings (SSSR count). The summed E-state index contributed by atoms with van der Waals surface area (Å²) in [7, 11) is 0. The molecule has 0 unspecified atom stereocenters. The second-order valence-corrected chi connectivity index (χ2v) is 1.06. The van der Waals surface area contributed by atoms with Crippen molar-refractivity contribution in [1.82, 2.24) is 0 Å². The summed E-state index contributed by atoms with van der Waals surface area (Å²) < 4.78 is 0. The van der Waals surface area contributed by atoms with Crippen LogP contribution in [-0.2, 0) is 15.1 Å². The number of carbonyl (C=O) groups excluding carboxylic acids is 2. The Balaban J connectivity index is -0.000000245. The van der Waals surface area contributed by atoms with Crippen molar-refractivity contribution in [1.29, 1.82) is 0 Å². The predicted molar refractivity (Wildman–Crippen MR) is 29.6 cm³/mol. The van der Waals surface area contributed by atoms with Crippen LogP contribution in [0.3, 0.4) is 0 Å². The summed E-state index contributed by atoms with van der Waals surface area (Å²) in [5, 5.41) is 9.61. The molecule has 0 saturated heterocycles. The molecule has 0 spiro atoms. The largest absolute Gasteiger partial charge is 1.00 e. The topological polar surface area (TPSA) is 90.2 Å². The fraction of sp³-hybridized carbons (Fsp3) is 0.200. The van der Waals surface area contributed by atoms with E-state index in [1.807, 2.05) is 0 Å². The Kier molecular flexibility index (Phi) is 19.4. The first-order valence-corrected chi connectivity index (χ1v) is 1.96. The molecule has 52 valence electrons. The number of hydrogen-bond acceptors (Lipinski definition) is 3. The maximum absolute atomic E-state index is 9.99.